The standard InChI is InChI=1S/C21H16FN5O3/c1-25-11-5-10-19(25)18-13-20(21(28)23-17-9-3-2-8-16(17)22)26(24-18)14-6-4-7-15(12-14)27(29)30/h2-13H,1H3,(H,23,28). The number of hydrogen-bond donors (Lipinski definition) is 1. The summed E-state index contributed by atoms with van der Waals surface area (Å²) in [6, 6.07) is 16.8. The number of nitro benzene ring substituents is 1. The molecule has 0 radical (unpaired) electrons. The van der Waals surface area contributed by atoms with Crippen molar-refractivity contribution < 1.29 is 14.1 Å². The molecule has 2 aromatic heterocycles. The fourth-order valence-corrected chi connectivity index (χ4v) is 3.08. The molecule has 0 aliphatic heterocycles. The minimum atomic E-state index is -0.598. The molecule has 1 N–H and O–H groups in total. The highest BCUT2D eigenvalue weighted by Gasteiger charge is 2.21. The largest absolute Gasteiger partial charge is 0.349 e. The number of rotatable bonds is 5. The van der Waals surface area contributed by atoms with Gasteiger partial charge in [0.25, 0.3) is 11.6 Å². The van der Waals surface area contributed by atoms with Gasteiger partial charge in [0.05, 0.1) is 22.0 Å². The minimum absolute atomic E-state index is 0.0229. The Kier molecular flexibility index (Phi) is 4.85. The number of aryl methyl sites for hydroxylation is 1. The molecular formula is C21H16FN5O3. The molecule has 0 atom stereocenters. The number of nitro groups is 1. The number of halogens is 1. The molecule has 9 heteroatoms. The zero-order chi connectivity index (χ0) is 21.3. The SMILES string of the molecule is Cn1cccc1-c1cc(C(=O)Nc2ccccc2F)n(-c2cccc([N+](=O)[O-])c2)n1. The molecule has 0 unspecified atom stereocenters. The van der Waals surface area contributed by atoms with Crippen LogP contribution in [0.2, 0.25) is 0 Å². The molecule has 4 rings (SSSR count). The predicted octanol–water partition coefficient (Wildman–Crippen LogP) is 4.18. The van der Waals surface area contributed by atoms with Gasteiger partial charge in [-0.2, -0.15) is 5.10 Å². The Hall–Kier alpha value is -4.27. The van der Waals surface area contributed by atoms with E-state index in [-0.39, 0.29) is 17.1 Å². The molecule has 0 fully saturated rings. The highest BCUT2D eigenvalue weighted by Crippen LogP contribution is 2.25. The molecule has 0 saturated heterocycles. The summed E-state index contributed by atoms with van der Waals surface area (Å²) >= 11 is 0. The van der Waals surface area contributed by atoms with Gasteiger partial charge in [-0.15, -0.1) is 0 Å². The third-order valence-corrected chi connectivity index (χ3v) is 4.56. The topological polar surface area (TPSA) is 95.0 Å². The van der Waals surface area contributed by atoms with Gasteiger partial charge in [-0.25, -0.2) is 9.07 Å². The van der Waals surface area contributed by atoms with Crippen LogP contribution >= 0.6 is 0 Å². The Labute approximate surface area is 170 Å². The van der Waals surface area contributed by atoms with Crippen LogP contribution in [0, 0.1) is 15.9 Å². The van der Waals surface area contributed by atoms with Crippen LogP contribution in [0.5, 0.6) is 0 Å². The van der Waals surface area contributed by atoms with Crippen molar-refractivity contribution in [3.8, 4) is 17.1 Å². The lowest BCUT2D eigenvalue weighted by atomic mass is 10.2. The number of nitrogens with zero attached hydrogens (tertiary/aromatic N) is 4. The lowest BCUT2D eigenvalue weighted by Crippen LogP contribution is -2.17. The van der Waals surface area contributed by atoms with Gasteiger partial charge in [-0.1, -0.05) is 18.2 Å². The van der Waals surface area contributed by atoms with E-state index >= 15 is 0 Å². The van der Waals surface area contributed by atoms with Crippen LogP contribution in [-0.4, -0.2) is 25.2 Å². The maximum atomic E-state index is 14.0. The monoisotopic (exact) mass is 405 g/mol. The number of carbonyl (C=O) groups is 1. The van der Waals surface area contributed by atoms with E-state index in [4.69, 9.17) is 0 Å². The quantitative estimate of drug-likeness (QED) is 0.398. The van der Waals surface area contributed by atoms with Crippen LogP contribution in [-0.2, 0) is 7.05 Å². The summed E-state index contributed by atoms with van der Waals surface area (Å²) in [4.78, 5) is 23.6. The van der Waals surface area contributed by atoms with Gasteiger partial charge in [-0.3, -0.25) is 14.9 Å². The van der Waals surface area contributed by atoms with Gasteiger partial charge in [0, 0.05) is 25.4 Å². The summed E-state index contributed by atoms with van der Waals surface area (Å²) in [5.41, 5.74) is 1.57. The average molecular weight is 405 g/mol. The third-order valence-electron chi connectivity index (χ3n) is 4.56. The normalized spacial score (nSPS) is 10.7. The Morgan fingerprint density at radius 2 is 1.90 bits per heavy atom. The molecule has 30 heavy (non-hydrogen) atoms. The Morgan fingerprint density at radius 3 is 2.60 bits per heavy atom. The number of anilines is 1. The van der Waals surface area contributed by atoms with Crippen molar-refractivity contribution in [3.63, 3.8) is 0 Å². The van der Waals surface area contributed by atoms with Crippen molar-refractivity contribution in [2.75, 3.05) is 5.32 Å². The molecule has 1 amide bonds. The van der Waals surface area contributed by atoms with E-state index in [2.05, 4.69) is 10.4 Å². The summed E-state index contributed by atoms with van der Waals surface area (Å²) in [5.74, 6) is -1.17. The molecule has 2 heterocycles. The minimum Gasteiger partial charge on any atom is -0.349 e. The molecule has 2 aromatic carbocycles. The van der Waals surface area contributed by atoms with Crippen LogP contribution in [0.1, 0.15) is 10.5 Å². The molecule has 0 spiro atoms. The first kappa shape index (κ1) is 19.1. The van der Waals surface area contributed by atoms with Crippen LogP contribution in [0.4, 0.5) is 15.8 Å². The van der Waals surface area contributed by atoms with Crippen molar-refractivity contribution in [1.29, 1.82) is 0 Å². The summed E-state index contributed by atoms with van der Waals surface area (Å²) < 4.78 is 17.1. The summed E-state index contributed by atoms with van der Waals surface area (Å²) in [6.07, 6.45) is 1.83. The number of carbonyl (C=O) groups excluding carboxylic acids is 1. The first-order chi connectivity index (χ1) is 14.4. The van der Waals surface area contributed by atoms with E-state index in [1.807, 2.05) is 29.9 Å². The predicted molar refractivity (Wildman–Crippen MR) is 109 cm³/mol. The van der Waals surface area contributed by atoms with Gasteiger partial charge in [0.1, 0.15) is 17.2 Å². The van der Waals surface area contributed by atoms with E-state index in [9.17, 15) is 19.3 Å². The molecule has 0 aliphatic rings. The fourth-order valence-electron chi connectivity index (χ4n) is 3.08. The number of hydrogen-bond acceptors (Lipinski definition) is 4. The smallest absolute Gasteiger partial charge is 0.274 e. The highest BCUT2D eigenvalue weighted by atomic mass is 19.1. The van der Waals surface area contributed by atoms with Gasteiger partial charge in [0.2, 0.25) is 0 Å². The highest BCUT2D eigenvalue weighted by molar-refractivity contribution is 6.04. The zero-order valence-corrected chi connectivity index (χ0v) is 15.8. The Balaban J connectivity index is 1.82. The van der Waals surface area contributed by atoms with Crippen LogP contribution in [0.3, 0.4) is 0 Å². The molecule has 0 bridgehead atoms. The van der Waals surface area contributed by atoms with Crippen LogP contribution < -0.4 is 5.32 Å². The summed E-state index contributed by atoms with van der Waals surface area (Å²) in [7, 11) is 1.83. The van der Waals surface area contributed by atoms with E-state index in [1.54, 1.807) is 18.2 Å². The number of aromatic nitrogens is 3. The first-order valence-corrected chi connectivity index (χ1v) is 8.96. The number of non-ortho nitro benzene ring substituents is 1. The summed E-state index contributed by atoms with van der Waals surface area (Å²) in [6.45, 7) is 0. The lowest BCUT2D eigenvalue weighted by molar-refractivity contribution is -0.384. The van der Waals surface area contributed by atoms with Crippen molar-refractivity contribution in [2.45, 2.75) is 0 Å². The maximum absolute atomic E-state index is 14.0. The second-order valence-corrected chi connectivity index (χ2v) is 6.54. The van der Waals surface area contributed by atoms with E-state index in [0.29, 0.717) is 11.4 Å². The van der Waals surface area contributed by atoms with Gasteiger partial charge < -0.3 is 9.88 Å². The average Bonchev–Trinajstić information content (AvgIpc) is 3.36. The van der Waals surface area contributed by atoms with E-state index in [1.165, 1.54) is 41.1 Å². The maximum Gasteiger partial charge on any atom is 0.274 e. The number of amides is 1. The summed E-state index contributed by atoms with van der Waals surface area (Å²) in [5, 5.41) is 18.2. The molecule has 0 aliphatic carbocycles. The Morgan fingerprint density at radius 1 is 1.10 bits per heavy atom. The van der Waals surface area contributed by atoms with Gasteiger partial charge >= 0.3 is 0 Å². The third kappa shape index (κ3) is 3.55. The fraction of sp³-hybridized carbons (Fsp3) is 0.0476. The molecule has 0 saturated carbocycles. The number of nitrogens with one attached hydrogen (secondary N) is 1. The van der Waals surface area contributed by atoms with Crippen LogP contribution in [0.25, 0.3) is 17.1 Å². The first-order valence-electron chi connectivity index (χ1n) is 8.96. The van der Waals surface area contributed by atoms with Crippen molar-refractivity contribution in [1.82, 2.24) is 14.3 Å². The number of para-hydroxylation sites is 1. The van der Waals surface area contributed by atoms with Gasteiger partial charge in [-0.05, 0) is 36.4 Å². The van der Waals surface area contributed by atoms with Crippen molar-refractivity contribution in [2.24, 2.45) is 7.05 Å². The second-order valence-electron chi connectivity index (χ2n) is 6.54. The van der Waals surface area contributed by atoms with Crippen molar-refractivity contribution >= 4 is 17.3 Å². The molecule has 4 aromatic rings. The van der Waals surface area contributed by atoms with E-state index in [0.717, 1.165) is 5.69 Å². The number of benzene rings is 2. The van der Waals surface area contributed by atoms with Crippen LogP contribution in [0.15, 0.2) is 72.9 Å². The second kappa shape index (κ2) is 7.63. The van der Waals surface area contributed by atoms with E-state index < -0.39 is 16.6 Å². The van der Waals surface area contributed by atoms with Gasteiger partial charge in [0.15, 0.2) is 0 Å². The molecule has 8 nitrogen and oxygen atoms in total. The molecular weight excluding hydrogens is 389 g/mol. The Bertz CT molecular complexity index is 1260. The lowest BCUT2D eigenvalue weighted by Gasteiger charge is -2.09. The zero-order valence-electron chi connectivity index (χ0n) is 15.8. The molecule has 150 valence electrons. The van der Waals surface area contributed by atoms with Crippen molar-refractivity contribution in [3.05, 3.63) is 94.6 Å².